The number of nitrogens with zero attached hydrogens (tertiary/aromatic N) is 3. The maximum atomic E-state index is 11.9. The van der Waals surface area contributed by atoms with Crippen LogP contribution in [0.4, 0.5) is 11.6 Å². The number of carbonyl (C=O) groups is 1. The minimum Gasteiger partial charge on any atom is -0.496 e. The van der Waals surface area contributed by atoms with Crippen molar-refractivity contribution < 1.29 is 9.53 Å². The van der Waals surface area contributed by atoms with Crippen molar-refractivity contribution in [3.05, 3.63) is 60.0 Å². The zero-order chi connectivity index (χ0) is 22.9. The van der Waals surface area contributed by atoms with Crippen LogP contribution in [0.25, 0.3) is 11.3 Å². The van der Waals surface area contributed by atoms with Crippen LogP contribution < -0.4 is 20.7 Å². The first-order valence-electron chi connectivity index (χ1n) is 10.7. The molecule has 1 amide bonds. The highest BCUT2D eigenvalue weighted by Gasteiger charge is 2.15. The van der Waals surface area contributed by atoms with Gasteiger partial charge in [-0.25, -0.2) is 15.0 Å². The fourth-order valence-corrected chi connectivity index (χ4v) is 3.29. The number of amides is 1. The molecular formula is C24H30N6O2. The van der Waals surface area contributed by atoms with E-state index in [-0.39, 0.29) is 11.8 Å². The molecule has 168 valence electrons. The summed E-state index contributed by atoms with van der Waals surface area (Å²) in [7, 11) is 3.22. The third-order valence-corrected chi connectivity index (χ3v) is 5.13. The van der Waals surface area contributed by atoms with Gasteiger partial charge in [-0.15, -0.1) is 0 Å². The number of benzene rings is 1. The highest BCUT2D eigenvalue weighted by atomic mass is 16.5. The lowest BCUT2D eigenvalue weighted by Crippen LogP contribution is -2.18. The predicted octanol–water partition coefficient (Wildman–Crippen LogP) is 3.94. The number of hydrogen-bond acceptors (Lipinski definition) is 7. The minimum atomic E-state index is -0.141. The first-order valence-corrected chi connectivity index (χ1v) is 10.7. The number of anilines is 2. The summed E-state index contributed by atoms with van der Waals surface area (Å²) in [6, 6.07) is 11.4. The van der Waals surface area contributed by atoms with Crippen molar-refractivity contribution >= 4 is 17.5 Å². The molecule has 0 saturated carbocycles. The van der Waals surface area contributed by atoms with E-state index in [1.807, 2.05) is 36.5 Å². The zero-order valence-electron chi connectivity index (χ0n) is 19.0. The molecule has 0 radical (unpaired) electrons. The van der Waals surface area contributed by atoms with Crippen LogP contribution in [0.5, 0.6) is 5.75 Å². The monoisotopic (exact) mass is 434 g/mol. The third kappa shape index (κ3) is 5.72. The van der Waals surface area contributed by atoms with Gasteiger partial charge in [-0.1, -0.05) is 19.9 Å². The molecule has 0 spiro atoms. The number of aromatic nitrogens is 3. The number of carbonyl (C=O) groups excluding carboxylic acids is 1. The summed E-state index contributed by atoms with van der Waals surface area (Å²) >= 11 is 0. The van der Waals surface area contributed by atoms with Crippen molar-refractivity contribution in [2.24, 2.45) is 0 Å². The van der Waals surface area contributed by atoms with Crippen LogP contribution in [0.1, 0.15) is 42.1 Å². The van der Waals surface area contributed by atoms with Gasteiger partial charge < -0.3 is 20.7 Å². The molecule has 32 heavy (non-hydrogen) atoms. The summed E-state index contributed by atoms with van der Waals surface area (Å²) in [5.74, 6) is 2.27. The summed E-state index contributed by atoms with van der Waals surface area (Å²) in [4.78, 5) is 25.1. The molecule has 2 heterocycles. The zero-order valence-corrected chi connectivity index (χ0v) is 19.0. The van der Waals surface area contributed by atoms with E-state index < -0.39 is 0 Å². The van der Waals surface area contributed by atoms with Crippen LogP contribution in [0.15, 0.2) is 48.9 Å². The van der Waals surface area contributed by atoms with Gasteiger partial charge in [-0.05, 0) is 36.2 Å². The molecule has 1 aromatic carbocycles. The molecule has 0 bridgehead atoms. The average Bonchev–Trinajstić information content (AvgIpc) is 2.85. The summed E-state index contributed by atoms with van der Waals surface area (Å²) < 4.78 is 5.52. The first-order chi connectivity index (χ1) is 15.5. The molecule has 0 fully saturated rings. The molecule has 0 aliphatic rings. The Hall–Kier alpha value is -3.68. The Balaban J connectivity index is 1.68. The SMILES string of the molecule is CCCNc1ccc(-c2cc(NCC(C)c3ccc(C(=O)NC)cc3OC)ncn2)cn1. The molecule has 3 rings (SSSR count). The number of nitrogens with one attached hydrogen (secondary N) is 3. The van der Waals surface area contributed by atoms with Crippen molar-refractivity contribution in [3.8, 4) is 17.0 Å². The lowest BCUT2D eigenvalue weighted by atomic mass is 9.98. The quantitative estimate of drug-likeness (QED) is 0.444. The van der Waals surface area contributed by atoms with Gasteiger partial charge in [0.25, 0.3) is 5.91 Å². The van der Waals surface area contributed by atoms with Crippen LogP contribution in [-0.4, -0.2) is 48.1 Å². The first kappa shape index (κ1) is 23.0. The molecule has 1 unspecified atom stereocenters. The van der Waals surface area contributed by atoms with E-state index in [9.17, 15) is 4.79 Å². The Morgan fingerprint density at radius 3 is 2.59 bits per heavy atom. The van der Waals surface area contributed by atoms with Gasteiger partial charge in [0.2, 0.25) is 0 Å². The maximum Gasteiger partial charge on any atom is 0.251 e. The summed E-state index contributed by atoms with van der Waals surface area (Å²) in [6.45, 7) is 5.75. The maximum absolute atomic E-state index is 11.9. The number of hydrogen-bond donors (Lipinski definition) is 3. The molecule has 8 heteroatoms. The van der Waals surface area contributed by atoms with Gasteiger partial charge in [-0.2, -0.15) is 0 Å². The molecule has 1 atom stereocenters. The van der Waals surface area contributed by atoms with Crippen molar-refractivity contribution in [3.63, 3.8) is 0 Å². The van der Waals surface area contributed by atoms with Crippen LogP contribution in [0, 0.1) is 0 Å². The molecule has 0 aliphatic carbocycles. The second kappa shape index (κ2) is 11.1. The van der Waals surface area contributed by atoms with Crippen molar-refractivity contribution in [2.45, 2.75) is 26.2 Å². The second-order valence-corrected chi connectivity index (χ2v) is 7.47. The van der Waals surface area contributed by atoms with Gasteiger partial charge in [0.1, 0.15) is 23.7 Å². The molecule has 3 N–H and O–H groups in total. The van der Waals surface area contributed by atoms with Crippen LogP contribution in [0.3, 0.4) is 0 Å². The van der Waals surface area contributed by atoms with E-state index in [0.29, 0.717) is 17.9 Å². The average molecular weight is 435 g/mol. The van der Waals surface area contributed by atoms with Crippen LogP contribution in [-0.2, 0) is 0 Å². The van der Waals surface area contributed by atoms with Crippen molar-refractivity contribution in [2.75, 3.05) is 37.9 Å². The summed E-state index contributed by atoms with van der Waals surface area (Å²) in [5, 5.41) is 9.27. The van der Waals surface area contributed by atoms with E-state index in [4.69, 9.17) is 4.74 Å². The molecule has 0 aliphatic heterocycles. The Morgan fingerprint density at radius 1 is 1.06 bits per heavy atom. The van der Waals surface area contributed by atoms with E-state index in [1.165, 1.54) is 0 Å². The fraction of sp³-hybridized carbons (Fsp3) is 0.333. The minimum absolute atomic E-state index is 0.132. The Bertz CT molecular complexity index is 1040. The van der Waals surface area contributed by atoms with Gasteiger partial charge in [0, 0.05) is 49.4 Å². The van der Waals surface area contributed by atoms with Gasteiger partial charge in [0.05, 0.1) is 12.8 Å². The Labute approximate surface area is 188 Å². The van der Waals surface area contributed by atoms with Crippen molar-refractivity contribution in [1.29, 1.82) is 0 Å². The molecule has 8 nitrogen and oxygen atoms in total. The molecule has 2 aromatic heterocycles. The summed E-state index contributed by atoms with van der Waals surface area (Å²) in [6.07, 6.45) is 4.41. The van der Waals surface area contributed by atoms with Crippen molar-refractivity contribution in [1.82, 2.24) is 20.3 Å². The van der Waals surface area contributed by atoms with E-state index in [1.54, 1.807) is 26.6 Å². The number of ether oxygens (including phenoxy) is 1. The predicted molar refractivity (Wildman–Crippen MR) is 127 cm³/mol. The highest BCUT2D eigenvalue weighted by molar-refractivity contribution is 5.94. The second-order valence-electron chi connectivity index (χ2n) is 7.47. The van der Waals surface area contributed by atoms with E-state index in [2.05, 4.69) is 44.7 Å². The summed E-state index contributed by atoms with van der Waals surface area (Å²) in [5.41, 5.74) is 3.31. The highest BCUT2D eigenvalue weighted by Crippen LogP contribution is 2.28. The normalized spacial score (nSPS) is 11.5. The third-order valence-electron chi connectivity index (χ3n) is 5.13. The largest absolute Gasteiger partial charge is 0.496 e. The Kier molecular flexibility index (Phi) is 7.96. The molecular weight excluding hydrogens is 404 g/mol. The van der Waals surface area contributed by atoms with Gasteiger partial charge in [-0.3, -0.25) is 4.79 Å². The van der Waals surface area contributed by atoms with Gasteiger partial charge in [0.15, 0.2) is 0 Å². The number of pyridine rings is 1. The standard InChI is InChI=1S/C24H30N6O2/c1-5-10-26-22-9-7-18(14-28-22)20-12-23(30-15-29-20)27-13-16(2)19-8-6-17(24(31)25-3)11-21(19)32-4/h6-9,11-12,14-16H,5,10,13H2,1-4H3,(H,25,31)(H,26,28)(H,27,29,30). The Morgan fingerprint density at radius 2 is 1.91 bits per heavy atom. The van der Waals surface area contributed by atoms with Gasteiger partial charge >= 0.3 is 0 Å². The fourth-order valence-electron chi connectivity index (χ4n) is 3.29. The number of methoxy groups -OCH3 is 1. The van der Waals surface area contributed by atoms with E-state index in [0.717, 1.165) is 41.4 Å². The lowest BCUT2D eigenvalue weighted by Gasteiger charge is -2.17. The van der Waals surface area contributed by atoms with Crippen LogP contribution in [0.2, 0.25) is 0 Å². The van der Waals surface area contributed by atoms with Crippen LogP contribution >= 0.6 is 0 Å². The molecule has 0 saturated heterocycles. The van der Waals surface area contributed by atoms with E-state index >= 15 is 0 Å². The topological polar surface area (TPSA) is 101 Å². The molecule has 3 aromatic rings. The number of rotatable bonds is 10. The lowest BCUT2D eigenvalue weighted by molar-refractivity contribution is 0.0962. The smallest absolute Gasteiger partial charge is 0.251 e.